The summed E-state index contributed by atoms with van der Waals surface area (Å²) in [7, 11) is 3.18. The lowest BCUT2D eigenvalue weighted by Gasteiger charge is -2.26. The van der Waals surface area contributed by atoms with E-state index in [4.69, 9.17) is 14.7 Å². The van der Waals surface area contributed by atoms with Crippen LogP contribution in [0.25, 0.3) is 0 Å². The highest BCUT2D eigenvalue weighted by molar-refractivity contribution is 7.99. The number of nitriles is 1. The van der Waals surface area contributed by atoms with Crippen LogP contribution in [0.2, 0.25) is 0 Å². The van der Waals surface area contributed by atoms with Crippen LogP contribution in [-0.4, -0.2) is 25.0 Å². The molecule has 0 aliphatic rings. The van der Waals surface area contributed by atoms with Gasteiger partial charge in [-0.15, -0.1) is 11.8 Å². The summed E-state index contributed by atoms with van der Waals surface area (Å²) >= 11 is 0.953. The van der Waals surface area contributed by atoms with E-state index in [-0.39, 0.29) is 22.8 Å². The van der Waals surface area contributed by atoms with Gasteiger partial charge in [0.2, 0.25) is 0 Å². The Morgan fingerprint density at radius 1 is 0.943 bits per heavy atom. The third-order valence-corrected chi connectivity index (χ3v) is 6.27. The van der Waals surface area contributed by atoms with Gasteiger partial charge in [-0.3, -0.25) is 0 Å². The van der Waals surface area contributed by atoms with Gasteiger partial charge >= 0.3 is 6.18 Å². The van der Waals surface area contributed by atoms with Crippen LogP contribution in [0.15, 0.2) is 59.6 Å². The zero-order valence-corrected chi connectivity index (χ0v) is 20.5. The van der Waals surface area contributed by atoms with E-state index in [1.54, 1.807) is 14.2 Å². The van der Waals surface area contributed by atoms with Crippen molar-refractivity contribution in [2.45, 2.75) is 37.6 Å². The Bertz CT molecular complexity index is 1110. The first kappa shape index (κ1) is 26.2. The number of anilines is 1. The predicted molar refractivity (Wildman–Crippen MR) is 131 cm³/mol. The molecule has 0 spiro atoms. The lowest BCUT2D eigenvalue weighted by atomic mass is 10.1. The number of nitrogens with zero attached hydrogens (tertiary/aromatic N) is 3. The summed E-state index contributed by atoms with van der Waals surface area (Å²) < 4.78 is 52.0. The van der Waals surface area contributed by atoms with Crippen LogP contribution in [0.4, 0.5) is 19.0 Å². The molecule has 0 fully saturated rings. The minimum Gasteiger partial charge on any atom is -0.497 e. The maximum absolute atomic E-state index is 13.8. The Morgan fingerprint density at radius 2 is 1.46 bits per heavy atom. The van der Waals surface area contributed by atoms with E-state index in [1.165, 1.54) is 13.0 Å². The van der Waals surface area contributed by atoms with Crippen LogP contribution in [0.3, 0.4) is 0 Å². The number of aryl methyl sites for hydroxylation is 1. The minimum atomic E-state index is -4.54. The lowest BCUT2D eigenvalue weighted by molar-refractivity contribution is -0.140. The van der Waals surface area contributed by atoms with Gasteiger partial charge in [0.05, 0.1) is 25.9 Å². The molecule has 1 aromatic heterocycles. The van der Waals surface area contributed by atoms with Crippen molar-refractivity contribution in [2.75, 3.05) is 24.9 Å². The predicted octanol–water partition coefficient (Wildman–Crippen LogP) is 6.64. The monoisotopic (exact) mass is 501 g/mol. The molecule has 184 valence electrons. The smallest absolute Gasteiger partial charge is 0.419 e. The van der Waals surface area contributed by atoms with E-state index in [9.17, 15) is 13.2 Å². The van der Waals surface area contributed by atoms with Crippen molar-refractivity contribution in [3.63, 3.8) is 0 Å². The van der Waals surface area contributed by atoms with E-state index in [0.29, 0.717) is 18.9 Å². The van der Waals surface area contributed by atoms with Gasteiger partial charge in [-0.25, -0.2) is 4.98 Å². The molecule has 0 aliphatic carbocycles. The standard InChI is InChI=1S/C26H26F3N3O2S/c1-18-15-23(31-25(35-14-4-13-30)24(18)26(27,28)29)32(16-19-5-9-21(33-2)10-6-19)17-20-7-11-22(34-3)12-8-20/h5-12,15H,4,14,16-17H2,1-3H3. The Kier molecular flexibility index (Phi) is 8.88. The normalized spacial score (nSPS) is 11.1. The molecular weight excluding hydrogens is 475 g/mol. The highest BCUT2D eigenvalue weighted by atomic mass is 32.2. The first-order valence-electron chi connectivity index (χ1n) is 10.8. The first-order valence-corrected chi connectivity index (χ1v) is 11.8. The topological polar surface area (TPSA) is 58.4 Å². The maximum Gasteiger partial charge on any atom is 0.419 e. The number of ether oxygens (including phenoxy) is 2. The zero-order chi connectivity index (χ0) is 25.4. The summed E-state index contributed by atoms with van der Waals surface area (Å²) in [6.45, 7) is 2.30. The number of methoxy groups -OCH3 is 2. The molecular formula is C26H26F3N3O2S. The number of aromatic nitrogens is 1. The van der Waals surface area contributed by atoms with Gasteiger partial charge in [-0.05, 0) is 53.9 Å². The Labute approximate surface area is 207 Å². The maximum atomic E-state index is 13.8. The van der Waals surface area contributed by atoms with Crippen molar-refractivity contribution in [2.24, 2.45) is 0 Å². The number of hydrogen-bond acceptors (Lipinski definition) is 6. The molecule has 0 N–H and O–H groups in total. The van der Waals surface area contributed by atoms with Crippen LogP contribution < -0.4 is 14.4 Å². The van der Waals surface area contributed by atoms with Crippen LogP contribution in [0.5, 0.6) is 11.5 Å². The number of halogens is 3. The fourth-order valence-electron chi connectivity index (χ4n) is 3.55. The molecule has 9 heteroatoms. The molecule has 0 saturated heterocycles. The third kappa shape index (κ3) is 7.06. The number of thioether (sulfide) groups is 1. The summed E-state index contributed by atoms with van der Waals surface area (Å²) in [6.07, 6.45) is -4.41. The van der Waals surface area contributed by atoms with E-state index in [2.05, 4.69) is 4.98 Å². The zero-order valence-electron chi connectivity index (χ0n) is 19.7. The van der Waals surface area contributed by atoms with Crippen LogP contribution >= 0.6 is 11.8 Å². The fraction of sp³-hybridized carbons (Fsp3) is 0.308. The Hall–Kier alpha value is -3.38. The minimum absolute atomic E-state index is 0.0939. The van der Waals surface area contributed by atoms with E-state index in [0.717, 1.165) is 34.4 Å². The molecule has 0 aliphatic heterocycles. The number of benzene rings is 2. The summed E-state index contributed by atoms with van der Waals surface area (Å²) in [4.78, 5) is 6.38. The molecule has 35 heavy (non-hydrogen) atoms. The van der Waals surface area contributed by atoms with Crippen LogP contribution in [0.1, 0.15) is 28.7 Å². The van der Waals surface area contributed by atoms with E-state index < -0.39 is 11.7 Å². The lowest BCUT2D eigenvalue weighted by Crippen LogP contribution is -2.24. The van der Waals surface area contributed by atoms with Gasteiger partial charge in [0.1, 0.15) is 22.3 Å². The molecule has 5 nitrogen and oxygen atoms in total. The van der Waals surface area contributed by atoms with Gasteiger partial charge in [0, 0.05) is 25.3 Å². The Morgan fingerprint density at radius 3 is 1.89 bits per heavy atom. The highest BCUT2D eigenvalue weighted by Gasteiger charge is 2.37. The van der Waals surface area contributed by atoms with Crippen molar-refractivity contribution in [1.29, 1.82) is 5.26 Å². The molecule has 0 atom stereocenters. The van der Waals surface area contributed by atoms with E-state index >= 15 is 0 Å². The van der Waals surface area contributed by atoms with Crippen molar-refractivity contribution >= 4 is 17.6 Å². The summed E-state index contributed by atoms with van der Waals surface area (Å²) in [5, 5.41) is 8.73. The molecule has 3 aromatic rings. The van der Waals surface area contributed by atoms with Gasteiger partial charge in [-0.1, -0.05) is 24.3 Å². The van der Waals surface area contributed by atoms with Crippen molar-refractivity contribution < 1.29 is 22.6 Å². The van der Waals surface area contributed by atoms with Gasteiger partial charge in [0.25, 0.3) is 0 Å². The molecule has 0 bridgehead atoms. The molecule has 0 unspecified atom stereocenters. The van der Waals surface area contributed by atoms with Gasteiger partial charge < -0.3 is 14.4 Å². The molecule has 2 aromatic carbocycles. The second-order valence-electron chi connectivity index (χ2n) is 7.78. The number of hydrogen-bond donors (Lipinski definition) is 0. The quantitative estimate of drug-likeness (QED) is 0.229. The number of rotatable bonds is 10. The Balaban J connectivity index is 2.02. The third-order valence-electron chi connectivity index (χ3n) is 5.29. The summed E-state index contributed by atoms with van der Waals surface area (Å²) in [5.41, 5.74) is 1.25. The largest absolute Gasteiger partial charge is 0.497 e. The van der Waals surface area contributed by atoms with Crippen LogP contribution in [0, 0.1) is 18.3 Å². The van der Waals surface area contributed by atoms with Gasteiger partial charge in [-0.2, -0.15) is 18.4 Å². The van der Waals surface area contributed by atoms with Gasteiger partial charge in [0.15, 0.2) is 0 Å². The van der Waals surface area contributed by atoms with Crippen molar-refractivity contribution in [3.8, 4) is 17.6 Å². The highest BCUT2D eigenvalue weighted by Crippen LogP contribution is 2.40. The summed E-state index contributed by atoms with van der Waals surface area (Å²) in [5.74, 6) is 2.10. The van der Waals surface area contributed by atoms with Crippen LogP contribution in [-0.2, 0) is 19.3 Å². The average Bonchev–Trinajstić information content (AvgIpc) is 2.83. The molecule has 0 radical (unpaired) electrons. The molecule has 0 saturated carbocycles. The molecule has 3 rings (SSSR count). The number of pyridine rings is 1. The SMILES string of the molecule is COc1ccc(CN(Cc2ccc(OC)cc2)c2cc(C)c(C(F)(F)F)c(SCCC#N)n2)cc1. The number of alkyl halides is 3. The molecule has 1 heterocycles. The second kappa shape index (κ2) is 11.8. The fourth-order valence-corrected chi connectivity index (χ4v) is 4.52. The summed E-state index contributed by atoms with van der Waals surface area (Å²) in [6, 6.07) is 18.5. The van der Waals surface area contributed by atoms with Crippen molar-refractivity contribution in [3.05, 3.63) is 76.9 Å². The average molecular weight is 502 g/mol. The molecule has 0 amide bonds. The second-order valence-corrected chi connectivity index (χ2v) is 8.87. The van der Waals surface area contributed by atoms with Crippen molar-refractivity contribution in [1.82, 2.24) is 4.98 Å². The van der Waals surface area contributed by atoms with E-state index in [1.807, 2.05) is 59.5 Å². The first-order chi connectivity index (χ1) is 16.7.